The Bertz CT molecular complexity index is 429. The first kappa shape index (κ1) is 13.0. The molecule has 2 rings (SSSR count). The van der Waals surface area contributed by atoms with Crippen molar-refractivity contribution < 1.29 is 0 Å². The van der Waals surface area contributed by atoms with Crippen molar-refractivity contribution in [1.29, 1.82) is 5.26 Å². The molecule has 1 fully saturated rings. The highest BCUT2D eigenvalue weighted by Crippen LogP contribution is 2.36. The van der Waals surface area contributed by atoms with Crippen molar-refractivity contribution in [2.45, 2.75) is 51.5 Å². The quantitative estimate of drug-likeness (QED) is 0.859. The number of aryl methyl sites for hydroxylation is 1. The largest absolute Gasteiger partial charge is 0.367 e. The van der Waals surface area contributed by atoms with Crippen molar-refractivity contribution >= 4 is 5.69 Å². The van der Waals surface area contributed by atoms with Crippen LogP contribution in [0.15, 0.2) is 24.3 Å². The molecule has 0 aromatic heterocycles. The van der Waals surface area contributed by atoms with E-state index in [2.05, 4.69) is 49.5 Å². The highest BCUT2D eigenvalue weighted by atomic mass is 15.0. The fraction of sp³-hybridized carbons (Fsp3) is 0.562. The van der Waals surface area contributed by atoms with Gasteiger partial charge in [0.05, 0.1) is 6.07 Å². The van der Waals surface area contributed by atoms with Crippen LogP contribution in [0.5, 0.6) is 0 Å². The van der Waals surface area contributed by atoms with Gasteiger partial charge in [0, 0.05) is 5.69 Å². The summed E-state index contributed by atoms with van der Waals surface area (Å²) in [5.74, 6) is 0.691. The molecule has 96 valence electrons. The van der Waals surface area contributed by atoms with E-state index >= 15 is 0 Å². The van der Waals surface area contributed by atoms with Crippen LogP contribution in [-0.4, -0.2) is 5.54 Å². The van der Waals surface area contributed by atoms with Crippen LogP contribution in [0.1, 0.15) is 44.6 Å². The maximum atomic E-state index is 9.56. The van der Waals surface area contributed by atoms with Crippen LogP contribution in [0.4, 0.5) is 5.69 Å². The zero-order valence-corrected chi connectivity index (χ0v) is 11.4. The second kappa shape index (κ2) is 5.44. The SMILES string of the molecule is CCC1CCCC(C#N)(Nc2ccc(C)cc2)C1. The second-order valence-electron chi connectivity index (χ2n) is 5.56. The van der Waals surface area contributed by atoms with Gasteiger partial charge in [0.15, 0.2) is 0 Å². The lowest BCUT2D eigenvalue weighted by Gasteiger charge is -2.36. The Balaban J connectivity index is 2.13. The Morgan fingerprint density at radius 2 is 2.11 bits per heavy atom. The summed E-state index contributed by atoms with van der Waals surface area (Å²) in [4.78, 5) is 0. The lowest BCUT2D eigenvalue weighted by Crippen LogP contribution is -2.41. The van der Waals surface area contributed by atoms with Gasteiger partial charge in [-0.15, -0.1) is 0 Å². The molecule has 1 saturated carbocycles. The molecule has 0 saturated heterocycles. The predicted octanol–water partition coefficient (Wildman–Crippen LogP) is 4.27. The first-order chi connectivity index (χ1) is 8.67. The molecule has 1 aliphatic carbocycles. The number of nitrogens with zero attached hydrogens (tertiary/aromatic N) is 1. The van der Waals surface area contributed by atoms with E-state index < -0.39 is 0 Å². The normalized spacial score (nSPS) is 27.5. The molecular formula is C16H22N2. The Hall–Kier alpha value is -1.49. The van der Waals surface area contributed by atoms with Gasteiger partial charge in [-0.3, -0.25) is 0 Å². The maximum Gasteiger partial charge on any atom is 0.125 e. The molecule has 0 spiro atoms. The van der Waals surface area contributed by atoms with Crippen molar-refractivity contribution in [3.63, 3.8) is 0 Å². The Morgan fingerprint density at radius 3 is 2.72 bits per heavy atom. The molecule has 0 aliphatic heterocycles. The summed E-state index contributed by atoms with van der Waals surface area (Å²) >= 11 is 0. The van der Waals surface area contributed by atoms with E-state index in [0.717, 1.165) is 24.9 Å². The fourth-order valence-corrected chi connectivity index (χ4v) is 2.89. The van der Waals surface area contributed by atoms with E-state index in [1.54, 1.807) is 0 Å². The van der Waals surface area contributed by atoms with Gasteiger partial charge in [-0.25, -0.2) is 0 Å². The smallest absolute Gasteiger partial charge is 0.125 e. The monoisotopic (exact) mass is 242 g/mol. The van der Waals surface area contributed by atoms with Crippen LogP contribution in [-0.2, 0) is 0 Å². The molecule has 1 aromatic carbocycles. The molecule has 0 bridgehead atoms. The molecule has 0 heterocycles. The lowest BCUT2D eigenvalue weighted by atomic mass is 9.75. The molecule has 2 nitrogen and oxygen atoms in total. The minimum absolute atomic E-state index is 0.353. The lowest BCUT2D eigenvalue weighted by molar-refractivity contribution is 0.283. The zero-order chi connectivity index (χ0) is 13.0. The third-order valence-corrected chi connectivity index (χ3v) is 4.08. The third-order valence-electron chi connectivity index (χ3n) is 4.08. The first-order valence-corrected chi connectivity index (χ1v) is 6.93. The van der Waals surface area contributed by atoms with Gasteiger partial charge in [-0.2, -0.15) is 5.26 Å². The Labute approximate surface area is 110 Å². The van der Waals surface area contributed by atoms with Crippen LogP contribution in [0.3, 0.4) is 0 Å². The highest BCUT2D eigenvalue weighted by Gasteiger charge is 2.35. The average molecular weight is 242 g/mol. The molecule has 1 aliphatic rings. The summed E-state index contributed by atoms with van der Waals surface area (Å²) in [6.07, 6.45) is 5.56. The van der Waals surface area contributed by atoms with Gasteiger partial charge in [-0.1, -0.05) is 37.5 Å². The summed E-state index contributed by atoms with van der Waals surface area (Å²) in [5.41, 5.74) is 1.97. The maximum absolute atomic E-state index is 9.56. The summed E-state index contributed by atoms with van der Waals surface area (Å²) < 4.78 is 0. The van der Waals surface area contributed by atoms with E-state index in [1.165, 1.54) is 18.4 Å². The minimum Gasteiger partial charge on any atom is -0.367 e. The van der Waals surface area contributed by atoms with Crippen LogP contribution >= 0.6 is 0 Å². The number of anilines is 1. The summed E-state index contributed by atoms with van der Waals surface area (Å²) in [7, 11) is 0. The van der Waals surface area contributed by atoms with Gasteiger partial charge >= 0.3 is 0 Å². The van der Waals surface area contributed by atoms with Crippen molar-refractivity contribution in [2.75, 3.05) is 5.32 Å². The molecule has 0 amide bonds. The molecular weight excluding hydrogens is 220 g/mol. The van der Waals surface area contributed by atoms with Gasteiger partial charge in [0.1, 0.15) is 5.54 Å². The molecule has 2 atom stereocenters. The number of benzene rings is 1. The number of hydrogen-bond donors (Lipinski definition) is 1. The number of hydrogen-bond acceptors (Lipinski definition) is 2. The van der Waals surface area contributed by atoms with Crippen molar-refractivity contribution in [1.82, 2.24) is 0 Å². The summed E-state index contributed by atoms with van der Waals surface area (Å²) in [5, 5.41) is 13.0. The molecule has 1 N–H and O–H groups in total. The van der Waals surface area contributed by atoms with Gasteiger partial charge in [0.2, 0.25) is 0 Å². The summed E-state index contributed by atoms with van der Waals surface area (Å²) in [6.45, 7) is 4.31. The number of nitriles is 1. The van der Waals surface area contributed by atoms with Gasteiger partial charge < -0.3 is 5.32 Å². The second-order valence-corrected chi connectivity index (χ2v) is 5.56. The fourth-order valence-electron chi connectivity index (χ4n) is 2.89. The van der Waals surface area contributed by atoms with Crippen LogP contribution in [0, 0.1) is 24.2 Å². The Morgan fingerprint density at radius 1 is 1.39 bits per heavy atom. The molecule has 0 radical (unpaired) electrons. The molecule has 2 unspecified atom stereocenters. The minimum atomic E-state index is -0.353. The third kappa shape index (κ3) is 2.85. The molecule has 2 heteroatoms. The number of nitrogens with one attached hydrogen (secondary N) is 1. The predicted molar refractivity (Wildman–Crippen MR) is 75.4 cm³/mol. The first-order valence-electron chi connectivity index (χ1n) is 6.93. The van der Waals surface area contributed by atoms with Gasteiger partial charge in [-0.05, 0) is 44.2 Å². The van der Waals surface area contributed by atoms with E-state index in [9.17, 15) is 5.26 Å². The summed E-state index contributed by atoms with van der Waals surface area (Å²) in [6, 6.07) is 10.9. The van der Waals surface area contributed by atoms with E-state index in [0.29, 0.717) is 5.92 Å². The Kier molecular flexibility index (Phi) is 3.91. The van der Waals surface area contributed by atoms with E-state index in [4.69, 9.17) is 0 Å². The standard InChI is InChI=1S/C16H22N2/c1-3-14-5-4-10-16(11-14,12-17)18-15-8-6-13(2)7-9-15/h6-9,14,18H,3-5,10-11H2,1-2H3. The highest BCUT2D eigenvalue weighted by molar-refractivity contribution is 5.49. The van der Waals surface area contributed by atoms with Crippen molar-refractivity contribution in [3.8, 4) is 6.07 Å². The van der Waals surface area contributed by atoms with E-state index in [1.807, 2.05) is 0 Å². The zero-order valence-electron chi connectivity index (χ0n) is 11.4. The van der Waals surface area contributed by atoms with E-state index in [-0.39, 0.29) is 5.54 Å². The van der Waals surface area contributed by atoms with Crippen molar-refractivity contribution in [3.05, 3.63) is 29.8 Å². The average Bonchev–Trinajstić information content (AvgIpc) is 2.42. The van der Waals surface area contributed by atoms with Crippen molar-refractivity contribution in [2.24, 2.45) is 5.92 Å². The van der Waals surface area contributed by atoms with Gasteiger partial charge in [0.25, 0.3) is 0 Å². The molecule has 1 aromatic rings. The number of rotatable bonds is 3. The van der Waals surface area contributed by atoms with Crippen LogP contribution < -0.4 is 5.32 Å². The topological polar surface area (TPSA) is 35.8 Å². The van der Waals surface area contributed by atoms with Crippen LogP contribution in [0.2, 0.25) is 0 Å². The molecule has 18 heavy (non-hydrogen) atoms. The van der Waals surface area contributed by atoms with Crippen LogP contribution in [0.25, 0.3) is 0 Å².